The number of carbonyl (C=O) groups is 2. The van der Waals surface area contributed by atoms with Crippen LogP contribution in [0.3, 0.4) is 0 Å². The minimum atomic E-state index is -0.410. The summed E-state index contributed by atoms with van der Waals surface area (Å²) >= 11 is 0. The van der Waals surface area contributed by atoms with Crippen molar-refractivity contribution in [2.24, 2.45) is 5.92 Å². The number of ether oxygens (including phenoxy) is 2. The molecule has 0 saturated heterocycles. The summed E-state index contributed by atoms with van der Waals surface area (Å²) in [5.74, 6) is -1.24. The van der Waals surface area contributed by atoms with Gasteiger partial charge < -0.3 is 9.47 Å². The van der Waals surface area contributed by atoms with Crippen LogP contribution in [0.25, 0.3) is 0 Å². The van der Waals surface area contributed by atoms with E-state index in [1.165, 1.54) is 0 Å². The molecule has 22 heavy (non-hydrogen) atoms. The lowest BCUT2D eigenvalue weighted by atomic mass is 9.82. The Balaban J connectivity index is 3.22. The minimum Gasteiger partial charge on any atom is -0.466 e. The predicted octanol–water partition coefficient (Wildman–Crippen LogP) is 3.66. The van der Waals surface area contributed by atoms with E-state index in [-0.39, 0.29) is 23.8 Å². The van der Waals surface area contributed by atoms with E-state index in [1.807, 2.05) is 38.1 Å². The summed E-state index contributed by atoms with van der Waals surface area (Å²) in [4.78, 5) is 24.4. The van der Waals surface area contributed by atoms with Gasteiger partial charge in [0.2, 0.25) is 0 Å². The number of hydrogen-bond acceptors (Lipinski definition) is 4. The predicted molar refractivity (Wildman–Crippen MR) is 85.7 cm³/mol. The van der Waals surface area contributed by atoms with Crippen molar-refractivity contribution in [1.82, 2.24) is 0 Å². The number of rotatable bonds is 7. The SMILES string of the molecule is CCOC(=O)C(C)c1ccccc1C(C(=O)OCC)C(C)C. The zero-order valence-electron chi connectivity index (χ0n) is 14.1. The van der Waals surface area contributed by atoms with E-state index in [2.05, 4.69) is 0 Å². The third-order valence-corrected chi connectivity index (χ3v) is 3.64. The Hall–Kier alpha value is -1.84. The van der Waals surface area contributed by atoms with Gasteiger partial charge in [0.1, 0.15) is 0 Å². The molecule has 0 bridgehead atoms. The lowest BCUT2D eigenvalue weighted by Gasteiger charge is -2.24. The largest absolute Gasteiger partial charge is 0.466 e. The van der Waals surface area contributed by atoms with Crippen LogP contribution in [0.2, 0.25) is 0 Å². The van der Waals surface area contributed by atoms with Gasteiger partial charge >= 0.3 is 11.9 Å². The third kappa shape index (κ3) is 4.33. The van der Waals surface area contributed by atoms with Gasteiger partial charge in [0.25, 0.3) is 0 Å². The molecular formula is C18H26O4. The van der Waals surface area contributed by atoms with Crippen LogP contribution in [0, 0.1) is 5.92 Å². The van der Waals surface area contributed by atoms with Crippen LogP contribution >= 0.6 is 0 Å². The van der Waals surface area contributed by atoms with Gasteiger partial charge in [0.15, 0.2) is 0 Å². The van der Waals surface area contributed by atoms with Crippen molar-refractivity contribution in [1.29, 1.82) is 0 Å². The molecule has 0 saturated carbocycles. The first-order chi connectivity index (χ1) is 10.4. The molecule has 0 fully saturated rings. The van der Waals surface area contributed by atoms with Crippen molar-refractivity contribution in [3.63, 3.8) is 0 Å². The van der Waals surface area contributed by atoms with Gasteiger partial charge in [-0.3, -0.25) is 9.59 Å². The minimum absolute atomic E-state index is 0.0783. The highest BCUT2D eigenvalue weighted by molar-refractivity contribution is 5.82. The summed E-state index contributed by atoms with van der Waals surface area (Å²) in [6.45, 7) is 10.0. The summed E-state index contributed by atoms with van der Waals surface area (Å²) < 4.78 is 10.3. The fourth-order valence-corrected chi connectivity index (χ4v) is 2.57. The normalized spacial score (nSPS) is 13.5. The van der Waals surface area contributed by atoms with Gasteiger partial charge in [-0.2, -0.15) is 0 Å². The zero-order chi connectivity index (χ0) is 16.7. The Morgan fingerprint density at radius 3 is 1.91 bits per heavy atom. The highest BCUT2D eigenvalue weighted by Gasteiger charge is 2.30. The summed E-state index contributed by atoms with van der Waals surface area (Å²) in [6, 6.07) is 7.53. The number of esters is 2. The molecule has 0 aliphatic heterocycles. The number of hydrogen-bond donors (Lipinski definition) is 0. The van der Waals surface area contributed by atoms with Gasteiger partial charge in [0, 0.05) is 0 Å². The highest BCUT2D eigenvalue weighted by Crippen LogP contribution is 2.32. The van der Waals surface area contributed by atoms with Crippen LogP contribution in [0.1, 0.15) is 57.6 Å². The molecule has 0 spiro atoms. The maximum Gasteiger partial charge on any atom is 0.313 e. The van der Waals surface area contributed by atoms with E-state index in [0.717, 1.165) is 11.1 Å². The standard InChI is InChI=1S/C18H26O4/c1-6-21-17(19)13(5)14-10-8-9-11-15(14)16(12(3)4)18(20)22-7-2/h8-13,16H,6-7H2,1-5H3. The van der Waals surface area contributed by atoms with Crippen LogP contribution in [-0.4, -0.2) is 25.2 Å². The molecular weight excluding hydrogens is 280 g/mol. The molecule has 1 rings (SSSR count). The van der Waals surface area contributed by atoms with Crippen molar-refractivity contribution in [2.75, 3.05) is 13.2 Å². The molecule has 0 heterocycles. The molecule has 1 aromatic carbocycles. The molecule has 122 valence electrons. The first kappa shape index (κ1) is 18.2. The van der Waals surface area contributed by atoms with Gasteiger partial charge in [-0.25, -0.2) is 0 Å². The topological polar surface area (TPSA) is 52.6 Å². The van der Waals surface area contributed by atoms with Crippen molar-refractivity contribution < 1.29 is 19.1 Å². The Morgan fingerprint density at radius 2 is 1.41 bits per heavy atom. The van der Waals surface area contributed by atoms with Crippen LogP contribution in [0.4, 0.5) is 0 Å². The Bertz CT molecular complexity index is 508. The van der Waals surface area contributed by atoms with E-state index in [1.54, 1.807) is 20.8 Å². The first-order valence-corrected chi connectivity index (χ1v) is 7.86. The number of carbonyl (C=O) groups excluding carboxylic acids is 2. The van der Waals surface area contributed by atoms with Gasteiger partial charge in [-0.1, -0.05) is 38.1 Å². The van der Waals surface area contributed by atoms with Crippen LogP contribution in [0.15, 0.2) is 24.3 Å². The lowest BCUT2D eigenvalue weighted by molar-refractivity contribution is -0.147. The maximum absolute atomic E-state index is 12.3. The smallest absolute Gasteiger partial charge is 0.313 e. The summed E-state index contributed by atoms with van der Waals surface area (Å²) in [5.41, 5.74) is 1.67. The maximum atomic E-state index is 12.3. The second kappa shape index (κ2) is 8.57. The average molecular weight is 306 g/mol. The Morgan fingerprint density at radius 1 is 0.909 bits per heavy atom. The highest BCUT2D eigenvalue weighted by atomic mass is 16.5. The van der Waals surface area contributed by atoms with Crippen molar-refractivity contribution in [3.8, 4) is 0 Å². The van der Waals surface area contributed by atoms with Crippen molar-refractivity contribution in [2.45, 2.75) is 46.5 Å². The van der Waals surface area contributed by atoms with Crippen LogP contribution in [0.5, 0.6) is 0 Å². The Labute approximate surface area is 132 Å². The van der Waals surface area contributed by atoms with Crippen LogP contribution < -0.4 is 0 Å². The van der Waals surface area contributed by atoms with E-state index < -0.39 is 5.92 Å². The lowest BCUT2D eigenvalue weighted by Crippen LogP contribution is -2.24. The molecule has 0 aliphatic carbocycles. The summed E-state index contributed by atoms with van der Waals surface area (Å²) in [6.07, 6.45) is 0. The van der Waals surface area contributed by atoms with Crippen LogP contribution in [-0.2, 0) is 19.1 Å². The van der Waals surface area contributed by atoms with Crippen molar-refractivity contribution in [3.05, 3.63) is 35.4 Å². The van der Waals surface area contributed by atoms with Gasteiger partial charge in [-0.15, -0.1) is 0 Å². The quantitative estimate of drug-likeness (QED) is 0.721. The third-order valence-electron chi connectivity index (χ3n) is 3.64. The molecule has 4 nitrogen and oxygen atoms in total. The molecule has 0 radical (unpaired) electrons. The molecule has 1 aromatic rings. The molecule has 2 unspecified atom stereocenters. The van der Waals surface area contributed by atoms with E-state index in [4.69, 9.17) is 9.47 Å². The fraction of sp³-hybridized carbons (Fsp3) is 0.556. The van der Waals surface area contributed by atoms with E-state index in [0.29, 0.717) is 13.2 Å². The Kier molecular flexibility index (Phi) is 7.09. The van der Waals surface area contributed by atoms with Gasteiger partial charge in [-0.05, 0) is 37.8 Å². The first-order valence-electron chi connectivity index (χ1n) is 7.86. The average Bonchev–Trinajstić information content (AvgIpc) is 2.47. The fourth-order valence-electron chi connectivity index (χ4n) is 2.57. The summed E-state index contributed by atoms with van der Waals surface area (Å²) in [7, 11) is 0. The second-order valence-corrected chi connectivity index (χ2v) is 5.58. The summed E-state index contributed by atoms with van der Waals surface area (Å²) in [5, 5.41) is 0. The molecule has 4 heteroatoms. The molecule has 0 aromatic heterocycles. The molecule has 2 atom stereocenters. The van der Waals surface area contributed by atoms with E-state index >= 15 is 0 Å². The monoisotopic (exact) mass is 306 g/mol. The number of benzene rings is 1. The second-order valence-electron chi connectivity index (χ2n) is 5.58. The molecule has 0 aliphatic rings. The van der Waals surface area contributed by atoms with Gasteiger partial charge in [0.05, 0.1) is 25.0 Å². The zero-order valence-corrected chi connectivity index (χ0v) is 14.1. The molecule has 0 N–H and O–H groups in total. The molecule has 0 amide bonds. The van der Waals surface area contributed by atoms with E-state index in [9.17, 15) is 9.59 Å². The van der Waals surface area contributed by atoms with Crippen molar-refractivity contribution >= 4 is 11.9 Å².